The first-order valence-corrected chi connectivity index (χ1v) is 11.5. The van der Waals surface area contributed by atoms with Gasteiger partial charge >= 0.3 is 0 Å². The van der Waals surface area contributed by atoms with E-state index in [4.69, 9.17) is 5.26 Å². The van der Waals surface area contributed by atoms with Crippen molar-refractivity contribution >= 4 is 22.1 Å². The summed E-state index contributed by atoms with van der Waals surface area (Å²) in [6.07, 6.45) is 5.26. The van der Waals surface area contributed by atoms with Gasteiger partial charge in [0.1, 0.15) is 11.9 Å². The zero-order valence-electron chi connectivity index (χ0n) is 17.5. The fourth-order valence-corrected chi connectivity index (χ4v) is 5.75. The summed E-state index contributed by atoms with van der Waals surface area (Å²) in [5, 5.41) is 22.8. The number of aliphatic hydroxyl groups is 1. The molecule has 0 aliphatic carbocycles. The molecule has 2 aromatic rings. The molecule has 0 saturated carbocycles. The minimum absolute atomic E-state index is 0.0748. The average Bonchev–Trinajstić information content (AvgIpc) is 2.97. The van der Waals surface area contributed by atoms with Crippen molar-refractivity contribution in [3.05, 3.63) is 53.1 Å². The fraction of sp³-hybridized carbons (Fsp3) is 0.381. The lowest BCUT2D eigenvalue weighted by Gasteiger charge is -2.28. The number of halogens is 1. The van der Waals surface area contributed by atoms with Crippen molar-refractivity contribution in [1.82, 2.24) is 14.0 Å². The number of anilines is 1. The largest absolute Gasteiger partial charge is 0.368 e. The van der Waals surface area contributed by atoms with Gasteiger partial charge in [0.25, 0.3) is 0 Å². The Morgan fingerprint density at radius 1 is 1.43 bits per heavy atom. The molecule has 1 aromatic carbocycles. The van der Waals surface area contributed by atoms with Crippen LogP contribution in [0, 0.1) is 23.1 Å². The van der Waals surface area contributed by atoms with Crippen LogP contribution >= 0.6 is 0 Å². The quantitative estimate of drug-likeness (QED) is 0.357. The summed E-state index contributed by atoms with van der Waals surface area (Å²) in [5.74, 6) is -0.203. The van der Waals surface area contributed by atoms with E-state index in [1.807, 2.05) is 12.2 Å². The Morgan fingerprint density at radius 2 is 2.17 bits per heavy atom. The molecule has 162 valence electrons. The molecule has 30 heavy (non-hydrogen) atoms. The normalized spacial score (nSPS) is 19.6. The highest BCUT2D eigenvalue weighted by Crippen LogP contribution is 2.33. The lowest BCUT2D eigenvalue weighted by molar-refractivity contribution is 0.199. The number of thiol groups is 1. The van der Waals surface area contributed by atoms with E-state index in [1.165, 1.54) is 18.2 Å². The minimum Gasteiger partial charge on any atom is -0.368 e. The van der Waals surface area contributed by atoms with Crippen molar-refractivity contribution in [2.45, 2.75) is 37.4 Å². The van der Waals surface area contributed by atoms with Crippen LogP contribution < -0.4 is 14.8 Å². The molecule has 0 spiro atoms. The summed E-state index contributed by atoms with van der Waals surface area (Å²) in [6, 6.07) is 5.68. The highest BCUT2D eigenvalue weighted by atomic mass is 32.3. The van der Waals surface area contributed by atoms with Crippen LogP contribution in [0.2, 0.25) is 0 Å². The van der Waals surface area contributed by atoms with Crippen LogP contribution in [-0.4, -0.2) is 27.0 Å². The molecule has 2 heterocycles. The van der Waals surface area contributed by atoms with Crippen LogP contribution in [0.15, 0.2) is 35.4 Å². The fourth-order valence-electron chi connectivity index (χ4n) is 3.72. The lowest BCUT2D eigenvalue weighted by atomic mass is 10.0. The predicted molar refractivity (Wildman–Crippen MR) is 117 cm³/mol. The van der Waals surface area contributed by atoms with E-state index >= 15 is 0 Å². The highest BCUT2D eigenvalue weighted by Gasteiger charge is 2.30. The summed E-state index contributed by atoms with van der Waals surface area (Å²) in [5.41, 5.74) is 1.47. The van der Waals surface area contributed by atoms with Gasteiger partial charge in [-0.2, -0.15) is 5.26 Å². The number of rotatable bonds is 6. The third-order valence-corrected chi connectivity index (χ3v) is 7.48. The molecule has 3 rings (SSSR count). The Kier molecular flexibility index (Phi) is 6.43. The molecule has 1 aliphatic heterocycles. The molecule has 1 unspecified atom stereocenters. The van der Waals surface area contributed by atoms with Gasteiger partial charge in [0.05, 0.1) is 16.2 Å². The summed E-state index contributed by atoms with van der Waals surface area (Å²) in [6.45, 7) is 4.21. The van der Waals surface area contributed by atoms with Crippen LogP contribution in [0.25, 0.3) is 6.08 Å². The molecule has 0 amide bonds. The van der Waals surface area contributed by atoms with Crippen LogP contribution in [0.1, 0.15) is 43.3 Å². The number of benzene rings is 1. The molecule has 0 bridgehead atoms. The highest BCUT2D eigenvalue weighted by molar-refractivity contribution is 7.99. The van der Waals surface area contributed by atoms with Gasteiger partial charge in [-0.25, -0.2) is 13.8 Å². The number of aryl methyl sites for hydroxylation is 1. The van der Waals surface area contributed by atoms with Crippen molar-refractivity contribution in [1.29, 1.82) is 5.26 Å². The minimum atomic E-state index is -3.10. The number of nitrogens with zero attached hydrogens (tertiary/aromatic N) is 2. The molecule has 1 aromatic heterocycles. The lowest BCUT2D eigenvalue weighted by Crippen LogP contribution is -2.46. The van der Waals surface area contributed by atoms with Gasteiger partial charge in [0, 0.05) is 40.8 Å². The second-order valence-corrected chi connectivity index (χ2v) is 10.2. The molecule has 1 aliphatic rings. The third-order valence-electron chi connectivity index (χ3n) is 5.12. The number of nitriles is 1. The van der Waals surface area contributed by atoms with Gasteiger partial charge in [-0.15, -0.1) is 0 Å². The van der Waals surface area contributed by atoms with Crippen molar-refractivity contribution in [3.63, 3.8) is 0 Å². The number of aromatic nitrogens is 1. The van der Waals surface area contributed by atoms with Crippen LogP contribution in [0.4, 0.5) is 10.1 Å². The van der Waals surface area contributed by atoms with Crippen molar-refractivity contribution in [2.75, 3.05) is 12.4 Å². The van der Waals surface area contributed by atoms with Crippen LogP contribution in [0.3, 0.4) is 0 Å². The van der Waals surface area contributed by atoms with Crippen molar-refractivity contribution < 1.29 is 13.7 Å². The van der Waals surface area contributed by atoms with E-state index in [0.717, 1.165) is 6.42 Å². The Labute approximate surface area is 177 Å². The second kappa shape index (κ2) is 8.70. The van der Waals surface area contributed by atoms with E-state index in [1.54, 1.807) is 30.9 Å². The molecular formula is C21H28FN5O2S. The number of nitrogens with one attached hydrogen (secondary N) is 3. The first-order valence-electron chi connectivity index (χ1n) is 9.77. The number of hydrogen-bond donors (Lipinski definition) is 5. The Hall–Kier alpha value is -2.51. The first-order chi connectivity index (χ1) is 14.2. The van der Waals surface area contributed by atoms with Crippen LogP contribution in [-0.2, 0) is 17.4 Å². The predicted octanol–water partition coefficient (Wildman–Crippen LogP) is 2.59. The smallest absolute Gasteiger partial charge is 0.166 e. The second-order valence-electron chi connectivity index (χ2n) is 7.83. The summed E-state index contributed by atoms with van der Waals surface area (Å²) >= 11 is 0. The molecule has 0 radical (unpaired) electrons. The maximum absolute atomic E-state index is 13.6. The summed E-state index contributed by atoms with van der Waals surface area (Å²) < 4.78 is 35.1. The molecule has 7 nitrogen and oxygen atoms in total. The summed E-state index contributed by atoms with van der Waals surface area (Å²) in [4.78, 5) is 0.586. The zero-order chi connectivity index (χ0) is 22.1. The SMILES string of the molecule is CN[SH]1(=O)N[C@@H](CC(C)C)C=Cc2c1cn(C)c2C(O)Nc1ccc(F)c(C#N)c1. The Balaban J connectivity index is 2.00. The Morgan fingerprint density at radius 3 is 2.80 bits per heavy atom. The van der Waals surface area contributed by atoms with E-state index in [-0.39, 0.29) is 11.6 Å². The first kappa shape index (κ1) is 22.2. The van der Waals surface area contributed by atoms with Gasteiger partial charge in [-0.1, -0.05) is 26.0 Å². The molecule has 0 saturated heterocycles. The van der Waals surface area contributed by atoms with Gasteiger partial charge in [-0.05, 0) is 37.6 Å². The van der Waals surface area contributed by atoms with Crippen molar-refractivity contribution in [2.24, 2.45) is 13.0 Å². The number of fused-ring (bicyclic) bond motifs is 1. The van der Waals surface area contributed by atoms with E-state index < -0.39 is 22.3 Å². The van der Waals surface area contributed by atoms with Gasteiger partial charge in [-0.3, -0.25) is 4.21 Å². The molecule has 4 N–H and O–H groups in total. The van der Waals surface area contributed by atoms with Gasteiger partial charge in [0.15, 0.2) is 6.23 Å². The van der Waals surface area contributed by atoms with E-state index in [0.29, 0.717) is 27.8 Å². The maximum Gasteiger partial charge on any atom is 0.166 e. The van der Waals surface area contributed by atoms with Gasteiger partial charge in [0.2, 0.25) is 0 Å². The van der Waals surface area contributed by atoms with E-state index in [2.05, 4.69) is 28.6 Å². The Bertz CT molecular complexity index is 1060. The zero-order valence-corrected chi connectivity index (χ0v) is 18.4. The standard InChI is InChI=1S/C21H28FN5O2S/c1-13(2)9-16-5-7-17-19(30(29,24-3)26-16)12-27(4)20(17)21(28)25-15-6-8-18(22)14(10-15)11-23/h5-8,10,12-13,16,21,25,28,30H,9H2,1-4H3,(H2,24,26,29)/t16-,21?/m1/s1. The molecule has 9 heteroatoms. The van der Waals surface area contributed by atoms with Crippen molar-refractivity contribution in [3.8, 4) is 6.07 Å². The molecule has 0 fully saturated rings. The van der Waals surface area contributed by atoms with E-state index in [9.17, 15) is 13.7 Å². The number of aliphatic hydroxyl groups excluding tert-OH is 1. The average molecular weight is 434 g/mol. The number of hydrogen-bond acceptors (Lipinski definition) is 4. The summed E-state index contributed by atoms with van der Waals surface area (Å²) in [7, 11) is 0.313. The topological polar surface area (TPSA) is 102 Å². The van der Waals surface area contributed by atoms with Gasteiger partial charge < -0.3 is 15.0 Å². The maximum atomic E-state index is 13.6. The third kappa shape index (κ3) is 4.32. The molecular weight excluding hydrogens is 405 g/mol. The van der Waals surface area contributed by atoms with Crippen LogP contribution in [0.5, 0.6) is 0 Å². The molecule has 2 atom stereocenters. The monoisotopic (exact) mass is 433 g/mol.